The first kappa shape index (κ1) is 16.1. The second-order valence-electron chi connectivity index (χ2n) is 3.80. The zero-order valence-electron chi connectivity index (χ0n) is 9.93. The topological polar surface area (TPSA) is 26.3 Å². The first-order valence-electron chi connectivity index (χ1n) is 5.43. The molecule has 0 aromatic heterocycles. The number of rotatable bonds is 4. The number of hydrogen-bond donors (Lipinski definition) is 0. The fraction of sp³-hybridized carbons (Fsp3) is 0.417. The summed E-state index contributed by atoms with van der Waals surface area (Å²) in [6.45, 7) is 1.53. The summed E-state index contributed by atoms with van der Waals surface area (Å²) in [5.74, 6) is -2.37. The summed E-state index contributed by atoms with van der Waals surface area (Å²) in [6.07, 6.45) is -5.78. The molecule has 0 radical (unpaired) electrons. The van der Waals surface area contributed by atoms with E-state index in [2.05, 4.69) is 4.74 Å². The van der Waals surface area contributed by atoms with Gasteiger partial charge in [-0.25, -0.2) is 0 Å². The van der Waals surface area contributed by atoms with Gasteiger partial charge in [0.25, 0.3) is 0 Å². The van der Waals surface area contributed by atoms with E-state index in [0.717, 1.165) is 0 Å². The van der Waals surface area contributed by atoms with E-state index in [9.17, 15) is 18.0 Å². The van der Waals surface area contributed by atoms with Gasteiger partial charge < -0.3 is 4.74 Å². The summed E-state index contributed by atoms with van der Waals surface area (Å²) < 4.78 is 42.2. The van der Waals surface area contributed by atoms with Crippen LogP contribution in [0.15, 0.2) is 18.2 Å². The van der Waals surface area contributed by atoms with Crippen LogP contribution in [0.4, 0.5) is 13.2 Å². The molecule has 0 saturated heterocycles. The van der Waals surface area contributed by atoms with Gasteiger partial charge in [-0.2, -0.15) is 13.2 Å². The Morgan fingerprint density at radius 2 is 1.95 bits per heavy atom. The third kappa shape index (κ3) is 4.91. The minimum atomic E-state index is -4.48. The molecule has 0 saturated carbocycles. The highest BCUT2D eigenvalue weighted by Crippen LogP contribution is 2.34. The number of halogens is 5. The lowest BCUT2D eigenvalue weighted by Gasteiger charge is -2.18. The van der Waals surface area contributed by atoms with Crippen LogP contribution in [0.3, 0.4) is 0 Å². The maximum absolute atomic E-state index is 12.5. The maximum atomic E-state index is 12.5. The highest BCUT2D eigenvalue weighted by Gasteiger charge is 2.37. The quantitative estimate of drug-likeness (QED) is 0.760. The van der Waals surface area contributed by atoms with Crippen LogP contribution in [0.2, 0.25) is 10.0 Å². The minimum Gasteiger partial charge on any atom is -0.466 e. The predicted molar refractivity (Wildman–Crippen MR) is 66.5 cm³/mol. The lowest BCUT2D eigenvalue weighted by Crippen LogP contribution is -2.22. The normalized spacial score (nSPS) is 13.2. The van der Waals surface area contributed by atoms with E-state index in [1.165, 1.54) is 25.1 Å². The smallest absolute Gasteiger partial charge is 0.390 e. The molecule has 0 aliphatic heterocycles. The van der Waals surface area contributed by atoms with Crippen molar-refractivity contribution in [2.45, 2.75) is 25.4 Å². The van der Waals surface area contributed by atoms with Gasteiger partial charge in [0.05, 0.1) is 29.0 Å². The van der Waals surface area contributed by atoms with Crippen LogP contribution in [0, 0.1) is 0 Å². The van der Waals surface area contributed by atoms with Gasteiger partial charge in [0, 0.05) is 0 Å². The van der Waals surface area contributed by atoms with E-state index in [4.69, 9.17) is 23.2 Å². The van der Waals surface area contributed by atoms with Gasteiger partial charge in [-0.15, -0.1) is 0 Å². The van der Waals surface area contributed by atoms with Gasteiger partial charge in [-0.3, -0.25) is 4.79 Å². The molecular weight excluding hydrogens is 304 g/mol. The zero-order valence-corrected chi connectivity index (χ0v) is 11.4. The Kier molecular flexibility index (Phi) is 5.50. The minimum absolute atomic E-state index is 0.00844. The Morgan fingerprint density at radius 1 is 1.32 bits per heavy atom. The van der Waals surface area contributed by atoms with Crippen LogP contribution in [-0.4, -0.2) is 18.8 Å². The van der Waals surface area contributed by atoms with E-state index in [0.29, 0.717) is 0 Å². The van der Waals surface area contributed by atoms with Gasteiger partial charge in [0.1, 0.15) is 0 Å². The Labute approximate surface area is 118 Å². The molecule has 106 valence electrons. The highest BCUT2D eigenvalue weighted by atomic mass is 35.5. The van der Waals surface area contributed by atoms with Crippen molar-refractivity contribution in [1.29, 1.82) is 0 Å². The first-order chi connectivity index (χ1) is 8.74. The van der Waals surface area contributed by atoms with Crippen molar-refractivity contribution < 1.29 is 22.7 Å². The van der Waals surface area contributed by atoms with Gasteiger partial charge >= 0.3 is 12.1 Å². The molecule has 19 heavy (non-hydrogen) atoms. The lowest BCUT2D eigenvalue weighted by molar-refractivity contribution is -0.161. The zero-order chi connectivity index (χ0) is 14.6. The Morgan fingerprint density at radius 3 is 2.42 bits per heavy atom. The molecule has 7 heteroatoms. The molecular formula is C12H11Cl2F3O2. The molecule has 1 rings (SSSR count). The molecule has 0 amide bonds. The molecule has 0 N–H and O–H groups in total. The average Bonchev–Trinajstić information content (AvgIpc) is 2.29. The largest absolute Gasteiger partial charge is 0.466 e. The Bertz CT molecular complexity index is 461. The van der Waals surface area contributed by atoms with Crippen molar-refractivity contribution in [3.05, 3.63) is 33.8 Å². The van der Waals surface area contributed by atoms with Gasteiger partial charge in [0.15, 0.2) is 0 Å². The second-order valence-corrected chi connectivity index (χ2v) is 4.61. The monoisotopic (exact) mass is 314 g/mol. The molecule has 0 aliphatic rings. The van der Waals surface area contributed by atoms with Gasteiger partial charge in [-0.05, 0) is 24.6 Å². The van der Waals surface area contributed by atoms with Crippen LogP contribution in [0.25, 0.3) is 0 Å². The Hall–Kier alpha value is -0.940. The van der Waals surface area contributed by atoms with Crippen molar-refractivity contribution in [3.63, 3.8) is 0 Å². The van der Waals surface area contributed by atoms with E-state index in [1.807, 2.05) is 0 Å². The summed E-state index contributed by atoms with van der Waals surface area (Å²) in [5.41, 5.74) is 0.130. The van der Waals surface area contributed by atoms with Crippen molar-refractivity contribution >= 4 is 29.2 Å². The predicted octanol–water partition coefficient (Wildman–Crippen LogP) is 4.59. The highest BCUT2D eigenvalue weighted by molar-refractivity contribution is 6.42. The second kappa shape index (κ2) is 6.48. The number of carbonyl (C=O) groups is 1. The van der Waals surface area contributed by atoms with Crippen LogP contribution in [0.1, 0.15) is 24.8 Å². The molecule has 1 aromatic carbocycles. The maximum Gasteiger partial charge on any atom is 0.390 e. The Balaban J connectivity index is 3.07. The molecule has 1 unspecified atom stereocenters. The number of hydrogen-bond acceptors (Lipinski definition) is 2. The van der Waals surface area contributed by atoms with E-state index in [-0.39, 0.29) is 22.2 Å². The molecule has 2 nitrogen and oxygen atoms in total. The number of ether oxygens (including phenoxy) is 1. The standard InChI is InChI=1S/C12H11Cl2F3O2/c1-2-19-11(18)8(6-12(15,16)17)7-3-4-9(13)10(14)5-7/h3-5,8H,2,6H2,1H3. The molecule has 0 spiro atoms. The summed E-state index contributed by atoms with van der Waals surface area (Å²) in [5, 5.41) is 0.302. The SMILES string of the molecule is CCOC(=O)C(CC(F)(F)F)c1ccc(Cl)c(Cl)c1. The number of carbonyl (C=O) groups excluding carboxylic acids is 1. The molecule has 0 fully saturated rings. The van der Waals surface area contributed by atoms with Crippen LogP contribution < -0.4 is 0 Å². The van der Waals surface area contributed by atoms with E-state index < -0.39 is 24.5 Å². The molecule has 0 bridgehead atoms. The van der Waals surface area contributed by atoms with Crippen LogP contribution in [0.5, 0.6) is 0 Å². The summed E-state index contributed by atoms with van der Waals surface area (Å²) in [4.78, 5) is 11.6. The van der Waals surface area contributed by atoms with Crippen molar-refractivity contribution in [2.24, 2.45) is 0 Å². The van der Waals surface area contributed by atoms with Crippen LogP contribution in [-0.2, 0) is 9.53 Å². The number of benzene rings is 1. The summed E-state index contributed by atoms with van der Waals surface area (Å²) >= 11 is 11.4. The third-order valence-corrected chi connectivity index (χ3v) is 3.09. The average molecular weight is 315 g/mol. The molecule has 1 aromatic rings. The van der Waals surface area contributed by atoms with Crippen molar-refractivity contribution in [3.8, 4) is 0 Å². The van der Waals surface area contributed by atoms with Crippen molar-refractivity contribution in [1.82, 2.24) is 0 Å². The fourth-order valence-corrected chi connectivity index (χ4v) is 1.85. The van der Waals surface area contributed by atoms with Crippen molar-refractivity contribution in [2.75, 3.05) is 6.61 Å². The van der Waals surface area contributed by atoms with Gasteiger partial charge in [-0.1, -0.05) is 29.3 Å². The first-order valence-corrected chi connectivity index (χ1v) is 6.18. The summed E-state index contributed by atoms with van der Waals surface area (Å²) in [6, 6.07) is 3.93. The lowest BCUT2D eigenvalue weighted by atomic mass is 9.95. The number of alkyl halides is 3. The third-order valence-electron chi connectivity index (χ3n) is 2.35. The summed E-state index contributed by atoms with van der Waals surface area (Å²) in [7, 11) is 0. The van der Waals surface area contributed by atoms with Gasteiger partial charge in [0.2, 0.25) is 0 Å². The molecule has 0 aliphatic carbocycles. The molecule has 0 heterocycles. The van der Waals surface area contributed by atoms with E-state index >= 15 is 0 Å². The number of esters is 1. The van der Waals surface area contributed by atoms with E-state index in [1.54, 1.807) is 0 Å². The molecule has 1 atom stereocenters. The van der Waals surface area contributed by atoms with Crippen LogP contribution >= 0.6 is 23.2 Å². The fourth-order valence-electron chi connectivity index (χ4n) is 1.54.